The number of rotatable bonds is 5. The van der Waals surface area contributed by atoms with Crippen LogP contribution in [0.5, 0.6) is 0 Å². The van der Waals surface area contributed by atoms with Gasteiger partial charge in [0.25, 0.3) is 0 Å². The van der Waals surface area contributed by atoms with Crippen molar-refractivity contribution >= 4 is 5.97 Å². The average Bonchev–Trinajstić information content (AvgIpc) is 2.12. The van der Waals surface area contributed by atoms with Crippen LogP contribution in [0.4, 0.5) is 4.39 Å². The molecule has 0 heterocycles. The molecule has 0 spiro atoms. The quantitative estimate of drug-likeness (QED) is 0.209. The fourth-order valence-corrected chi connectivity index (χ4v) is 0.612. The monoisotopic (exact) mass is 210 g/mol. The number of hydrogen-bond donors (Lipinski definition) is 0. The van der Waals surface area contributed by atoms with Crippen LogP contribution in [0, 0.1) is 20.2 Å². The Balaban J connectivity index is 4.47. The lowest BCUT2D eigenvalue weighted by molar-refractivity contribution is -0.832. The van der Waals surface area contributed by atoms with E-state index >= 15 is 0 Å². The number of nitro groups is 2. The molecule has 0 bridgehead atoms. The number of ether oxygens (including phenoxy) is 1. The first-order chi connectivity index (χ1) is 6.34. The van der Waals surface area contributed by atoms with Crippen LogP contribution >= 0.6 is 0 Å². The van der Waals surface area contributed by atoms with Gasteiger partial charge in [-0.1, -0.05) is 4.39 Å². The number of alkyl halides is 1. The van der Waals surface area contributed by atoms with Gasteiger partial charge in [0.05, 0.1) is 13.5 Å². The van der Waals surface area contributed by atoms with Crippen LogP contribution < -0.4 is 0 Å². The molecular formula is C5H7FN2O6. The molecule has 0 atom stereocenters. The van der Waals surface area contributed by atoms with Crippen LogP contribution in [0.3, 0.4) is 0 Å². The Labute approximate surface area is 76.9 Å². The van der Waals surface area contributed by atoms with Gasteiger partial charge in [-0.25, -0.2) is 0 Å². The van der Waals surface area contributed by atoms with E-state index in [9.17, 15) is 29.4 Å². The third-order valence-corrected chi connectivity index (χ3v) is 1.43. The van der Waals surface area contributed by atoms with Crippen LogP contribution in [-0.2, 0) is 9.53 Å². The Hall–Kier alpha value is -1.80. The van der Waals surface area contributed by atoms with Gasteiger partial charge in [0.1, 0.15) is 16.3 Å². The number of carbonyl (C=O) groups is 1. The van der Waals surface area contributed by atoms with Gasteiger partial charge in [0.15, 0.2) is 0 Å². The lowest BCUT2D eigenvalue weighted by Crippen LogP contribution is -2.42. The fourth-order valence-electron chi connectivity index (χ4n) is 0.612. The highest BCUT2D eigenvalue weighted by Crippen LogP contribution is 2.19. The first-order valence-corrected chi connectivity index (χ1v) is 3.39. The normalized spacial score (nSPS) is 10.7. The molecule has 0 aliphatic heterocycles. The molecule has 0 unspecified atom stereocenters. The van der Waals surface area contributed by atoms with E-state index < -0.39 is 34.6 Å². The number of nitrogens with zero attached hydrogens (tertiary/aromatic N) is 2. The Morgan fingerprint density at radius 3 is 2.14 bits per heavy atom. The summed E-state index contributed by atoms with van der Waals surface area (Å²) in [6.45, 7) is 0. The summed E-state index contributed by atoms with van der Waals surface area (Å²) in [5, 5.41) is 20.0. The van der Waals surface area contributed by atoms with Crippen molar-refractivity contribution in [2.24, 2.45) is 0 Å². The van der Waals surface area contributed by atoms with Crippen molar-refractivity contribution < 1.29 is 23.8 Å². The van der Waals surface area contributed by atoms with Gasteiger partial charge in [0, 0.05) is 0 Å². The zero-order chi connectivity index (χ0) is 11.4. The first-order valence-electron chi connectivity index (χ1n) is 3.39. The summed E-state index contributed by atoms with van der Waals surface area (Å²) in [6.07, 6.45) is -1.88. The van der Waals surface area contributed by atoms with E-state index in [4.69, 9.17) is 0 Å². The smallest absolute Gasteiger partial charge is 0.469 e. The molecule has 9 heteroatoms. The maximum Gasteiger partial charge on any atom is 0.614 e. The zero-order valence-corrected chi connectivity index (χ0v) is 7.14. The molecule has 0 aliphatic rings. The number of methoxy groups -OCH3 is 1. The molecule has 0 rings (SSSR count). The van der Waals surface area contributed by atoms with E-state index in [0.29, 0.717) is 0 Å². The summed E-state index contributed by atoms with van der Waals surface area (Å²) >= 11 is 0. The van der Waals surface area contributed by atoms with E-state index in [1.165, 1.54) is 0 Å². The Kier molecular flexibility index (Phi) is 3.87. The van der Waals surface area contributed by atoms with Gasteiger partial charge in [0.2, 0.25) is 0 Å². The summed E-state index contributed by atoms with van der Waals surface area (Å²) < 4.78 is 17.0. The second-order valence-electron chi connectivity index (χ2n) is 2.31. The van der Waals surface area contributed by atoms with Crippen molar-refractivity contribution in [3.63, 3.8) is 0 Å². The predicted molar refractivity (Wildman–Crippen MR) is 39.1 cm³/mol. The fraction of sp³-hybridized carbons (Fsp3) is 0.800. The molecule has 0 saturated carbocycles. The highest BCUT2D eigenvalue weighted by atomic mass is 19.2. The van der Waals surface area contributed by atoms with Gasteiger partial charge >= 0.3 is 11.9 Å². The van der Waals surface area contributed by atoms with Gasteiger partial charge in [-0.05, 0) is 0 Å². The van der Waals surface area contributed by atoms with Crippen molar-refractivity contribution in [1.29, 1.82) is 0 Å². The molecule has 0 N–H and O–H groups in total. The summed E-state index contributed by atoms with van der Waals surface area (Å²) in [5.74, 6) is -4.77. The lowest BCUT2D eigenvalue weighted by Gasteiger charge is -2.06. The highest BCUT2D eigenvalue weighted by molar-refractivity contribution is 5.69. The molecule has 0 saturated heterocycles. The molecule has 80 valence electrons. The number of hydrogen-bond acceptors (Lipinski definition) is 6. The predicted octanol–water partition coefficient (Wildman–Crippen LogP) is 0.116. The van der Waals surface area contributed by atoms with Crippen LogP contribution in [0.2, 0.25) is 0 Å². The molecule has 8 nitrogen and oxygen atoms in total. The largest absolute Gasteiger partial charge is 0.614 e. The zero-order valence-electron chi connectivity index (χ0n) is 7.14. The Morgan fingerprint density at radius 2 is 1.86 bits per heavy atom. The maximum absolute atomic E-state index is 12.9. The van der Waals surface area contributed by atoms with E-state index in [2.05, 4.69) is 4.74 Å². The second kappa shape index (κ2) is 4.44. The minimum Gasteiger partial charge on any atom is -0.469 e. The molecule has 0 aliphatic carbocycles. The molecule has 0 fully saturated rings. The van der Waals surface area contributed by atoms with Crippen molar-refractivity contribution in [1.82, 2.24) is 0 Å². The van der Waals surface area contributed by atoms with Crippen LogP contribution in [-0.4, -0.2) is 28.8 Å². The second-order valence-corrected chi connectivity index (χ2v) is 2.31. The summed E-state index contributed by atoms with van der Waals surface area (Å²) in [5.41, 5.74) is 0. The molecular weight excluding hydrogens is 203 g/mol. The third kappa shape index (κ3) is 2.61. The summed E-state index contributed by atoms with van der Waals surface area (Å²) in [4.78, 5) is 27.1. The molecule has 0 aromatic carbocycles. The van der Waals surface area contributed by atoms with Crippen molar-refractivity contribution in [2.75, 3.05) is 7.11 Å². The standard InChI is InChI=1S/C5H7FN2O6/c1-14-4(9)2-3-5(6,7(10)11)8(12)13/h2-3H2,1H3. The van der Waals surface area contributed by atoms with Gasteiger partial charge in [-0.3, -0.25) is 25.0 Å². The average molecular weight is 210 g/mol. The van der Waals surface area contributed by atoms with Crippen LogP contribution in [0.15, 0.2) is 0 Å². The Morgan fingerprint density at radius 1 is 1.43 bits per heavy atom. The molecule has 0 aromatic rings. The highest BCUT2D eigenvalue weighted by Gasteiger charge is 2.57. The van der Waals surface area contributed by atoms with E-state index in [-0.39, 0.29) is 0 Å². The Bertz CT molecular complexity index is 253. The number of esters is 1. The van der Waals surface area contributed by atoms with Crippen molar-refractivity contribution in [3.8, 4) is 0 Å². The minimum atomic E-state index is -3.83. The van der Waals surface area contributed by atoms with Gasteiger partial charge in [-0.15, -0.1) is 0 Å². The SMILES string of the molecule is COC(=O)CCC(F)([N+](=O)[O-])[N+](=O)[O-]. The third-order valence-electron chi connectivity index (χ3n) is 1.43. The summed E-state index contributed by atoms with van der Waals surface area (Å²) in [6, 6.07) is 0. The first kappa shape index (κ1) is 12.2. The number of carbonyl (C=O) groups excluding carboxylic acids is 1. The van der Waals surface area contributed by atoms with E-state index in [1.54, 1.807) is 0 Å². The lowest BCUT2D eigenvalue weighted by atomic mass is 10.2. The van der Waals surface area contributed by atoms with Crippen LogP contribution in [0.1, 0.15) is 12.8 Å². The maximum atomic E-state index is 12.9. The molecule has 0 amide bonds. The number of halogens is 1. The molecule has 0 radical (unpaired) electrons. The van der Waals surface area contributed by atoms with Crippen molar-refractivity contribution in [2.45, 2.75) is 18.8 Å². The van der Waals surface area contributed by atoms with Gasteiger partial charge < -0.3 is 4.74 Å². The van der Waals surface area contributed by atoms with E-state index in [0.717, 1.165) is 7.11 Å². The van der Waals surface area contributed by atoms with Crippen LogP contribution in [0.25, 0.3) is 0 Å². The van der Waals surface area contributed by atoms with Crippen molar-refractivity contribution in [3.05, 3.63) is 20.2 Å². The topological polar surface area (TPSA) is 113 Å². The van der Waals surface area contributed by atoms with Gasteiger partial charge in [-0.2, -0.15) is 0 Å². The molecule has 0 aromatic heterocycles. The molecule has 14 heavy (non-hydrogen) atoms. The minimum absolute atomic E-state index is 0.727. The summed E-state index contributed by atoms with van der Waals surface area (Å²) in [7, 11) is 0.987. The van der Waals surface area contributed by atoms with E-state index in [1.807, 2.05) is 0 Å².